The van der Waals surface area contributed by atoms with Crippen LogP contribution in [0.5, 0.6) is 11.5 Å². The van der Waals surface area contributed by atoms with Gasteiger partial charge in [-0.25, -0.2) is 4.39 Å². The zero-order valence-electron chi connectivity index (χ0n) is 21.6. The lowest BCUT2D eigenvalue weighted by atomic mass is 10.1. The number of ether oxygens (including phenoxy) is 2. The minimum absolute atomic E-state index is 0.219. The fraction of sp³-hybridized carbons (Fsp3) is 0.357. The van der Waals surface area contributed by atoms with E-state index in [1.807, 2.05) is 18.2 Å². The van der Waals surface area contributed by atoms with E-state index >= 15 is 0 Å². The maximum absolute atomic E-state index is 13.3. The number of rotatable bonds is 10. The molecular weight excluding hydrogens is 491 g/mol. The van der Waals surface area contributed by atoms with Crippen LogP contribution in [0.2, 0.25) is 0 Å². The molecule has 10 heteroatoms. The van der Waals surface area contributed by atoms with Crippen LogP contribution in [0.4, 0.5) is 10.1 Å². The van der Waals surface area contributed by atoms with Crippen molar-refractivity contribution >= 4 is 17.5 Å². The van der Waals surface area contributed by atoms with Gasteiger partial charge in [0, 0.05) is 45.0 Å². The molecule has 2 amide bonds. The van der Waals surface area contributed by atoms with Crippen molar-refractivity contribution in [2.24, 2.45) is 0 Å². The van der Waals surface area contributed by atoms with Crippen molar-refractivity contribution in [1.29, 1.82) is 0 Å². The van der Waals surface area contributed by atoms with Gasteiger partial charge in [-0.15, -0.1) is 0 Å². The van der Waals surface area contributed by atoms with Crippen LogP contribution in [-0.4, -0.2) is 70.2 Å². The Labute approximate surface area is 221 Å². The van der Waals surface area contributed by atoms with E-state index < -0.39 is 11.8 Å². The maximum atomic E-state index is 13.3. The first-order chi connectivity index (χ1) is 18.5. The SMILES string of the molecule is COc1ccc(CCNC(=O)C(=O)NC[C@@H](c2ccco2)N2CCN(c3ccc(F)cc3)CC2)cc1OC. The molecule has 202 valence electrons. The molecule has 1 aromatic heterocycles. The summed E-state index contributed by atoms with van der Waals surface area (Å²) in [7, 11) is 3.13. The summed E-state index contributed by atoms with van der Waals surface area (Å²) in [5.41, 5.74) is 1.92. The monoisotopic (exact) mass is 524 g/mol. The minimum Gasteiger partial charge on any atom is -0.493 e. The van der Waals surface area contributed by atoms with Crippen LogP contribution in [0.3, 0.4) is 0 Å². The van der Waals surface area contributed by atoms with E-state index in [-0.39, 0.29) is 18.4 Å². The number of amides is 2. The van der Waals surface area contributed by atoms with Crippen molar-refractivity contribution in [2.75, 3.05) is 58.4 Å². The lowest BCUT2D eigenvalue weighted by Gasteiger charge is -2.39. The number of carbonyl (C=O) groups is 2. The van der Waals surface area contributed by atoms with Gasteiger partial charge in [-0.1, -0.05) is 6.07 Å². The second-order valence-corrected chi connectivity index (χ2v) is 8.94. The Balaban J connectivity index is 1.27. The molecule has 1 aliphatic rings. The van der Waals surface area contributed by atoms with Crippen LogP contribution >= 0.6 is 0 Å². The van der Waals surface area contributed by atoms with Gasteiger partial charge >= 0.3 is 11.8 Å². The number of methoxy groups -OCH3 is 2. The highest BCUT2D eigenvalue weighted by Gasteiger charge is 2.28. The van der Waals surface area contributed by atoms with Gasteiger partial charge < -0.3 is 29.4 Å². The average molecular weight is 525 g/mol. The lowest BCUT2D eigenvalue weighted by molar-refractivity contribution is -0.139. The molecule has 0 bridgehead atoms. The van der Waals surface area contributed by atoms with E-state index in [2.05, 4.69) is 20.4 Å². The minimum atomic E-state index is -0.696. The average Bonchev–Trinajstić information content (AvgIpc) is 3.48. The highest BCUT2D eigenvalue weighted by Crippen LogP contribution is 2.28. The Bertz CT molecular complexity index is 1190. The molecule has 0 aliphatic carbocycles. The normalized spacial score (nSPS) is 14.6. The summed E-state index contributed by atoms with van der Waals surface area (Å²) in [6.07, 6.45) is 2.13. The number of nitrogens with one attached hydrogen (secondary N) is 2. The highest BCUT2D eigenvalue weighted by atomic mass is 19.1. The molecule has 2 aromatic carbocycles. The van der Waals surface area contributed by atoms with Crippen molar-refractivity contribution < 1.29 is 27.9 Å². The maximum Gasteiger partial charge on any atom is 0.309 e. The Morgan fingerprint density at radius 1 is 0.947 bits per heavy atom. The first-order valence-electron chi connectivity index (χ1n) is 12.5. The molecule has 0 unspecified atom stereocenters. The summed E-state index contributed by atoms with van der Waals surface area (Å²) in [6, 6.07) is 15.5. The summed E-state index contributed by atoms with van der Waals surface area (Å²) in [6.45, 7) is 3.45. The molecular formula is C28H33FN4O5. The second kappa shape index (κ2) is 13.0. The number of hydrogen-bond donors (Lipinski definition) is 2. The van der Waals surface area contributed by atoms with Crippen molar-refractivity contribution in [1.82, 2.24) is 15.5 Å². The van der Waals surface area contributed by atoms with E-state index in [4.69, 9.17) is 13.9 Å². The number of nitrogens with zero attached hydrogens (tertiary/aromatic N) is 2. The van der Waals surface area contributed by atoms with E-state index in [1.54, 1.807) is 44.7 Å². The zero-order chi connectivity index (χ0) is 26.9. The summed E-state index contributed by atoms with van der Waals surface area (Å²) in [5, 5.41) is 5.42. The molecule has 3 aromatic rings. The Morgan fingerprint density at radius 3 is 2.32 bits per heavy atom. The molecule has 1 aliphatic heterocycles. The highest BCUT2D eigenvalue weighted by molar-refractivity contribution is 6.35. The Hall–Kier alpha value is -4.05. The molecule has 38 heavy (non-hydrogen) atoms. The van der Waals surface area contributed by atoms with Gasteiger partial charge in [-0.05, 0) is 60.5 Å². The smallest absolute Gasteiger partial charge is 0.309 e. The Kier molecular flexibility index (Phi) is 9.21. The molecule has 9 nitrogen and oxygen atoms in total. The number of piperazine rings is 1. The lowest BCUT2D eigenvalue weighted by Crippen LogP contribution is -2.50. The molecule has 1 saturated heterocycles. The third kappa shape index (κ3) is 6.83. The van der Waals surface area contributed by atoms with Crippen molar-refractivity contribution in [3.05, 3.63) is 78.0 Å². The van der Waals surface area contributed by atoms with Crippen molar-refractivity contribution in [3.63, 3.8) is 0 Å². The Morgan fingerprint density at radius 2 is 1.66 bits per heavy atom. The van der Waals surface area contributed by atoms with Crippen LogP contribution < -0.4 is 25.0 Å². The number of hydrogen-bond acceptors (Lipinski definition) is 7. The third-order valence-corrected chi connectivity index (χ3v) is 6.63. The largest absolute Gasteiger partial charge is 0.493 e. The first-order valence-corrected chi connectivity index (χ1v) is 12.5. The molecule has 2 heterocycles. The van der Waals surface area contributed by atoms with E-state index in [1.165, 1.54) is 12.1 Å². The number of furan rings is 1. The molecule has 1 fully saturated rings. The van der Waals surface area contributed by atoms with Gasteiger partial charge in [0.05, 0.1) is 26.5 Å². The molecule has 0 spiro atoms. The van der Waals surface area contributed by atoms with Crippen LogP contribution in [0.25, 0.3) is 0 Å². The molecule has 0 radical (unpaired) electrons. The number of carbonyl (C=O) groups excluding carboxylic acids is 2. The van der Waals surface area contributed by atoms with Gasteiger partial charge in [0.1, 0.15) is 11.6 Å². The fourth-order valence-corrected chi connectivity index (χ4v) is 4.54. The van der Waals surface area contributed by atoms with Crippen LogP contribution in [0.1, 0.15) is 17.4 Å². The number of benzene rings is 2. The molecule has 1 atom stereocenters. The third-order valence-electron chi connectivity index (χ3n) is 6.63. The zero-order valence-corrected chi connectivity index (χ0v) is 21.6. The topological polar surface area (TPSA) is 96.3 Å². The van der Waals surface area contributed by atoms with Gasteiger partial charge in [-0.2, -0.15) is 0 Å². The van der Waals surface area contributed by atoms with Gasteiger partial charge in [0.15, 0.2) is 11.5 Å². The van der Waals surface area contributed by atoms with Crippen molar-refractivity contribution in [2.45, 2.75) is 12.5 Å². The van der Waals surface area contributed by atoms with Crippen LogP contribution in [0, 0.1) is 5.82 Å². The van der Waals surface area contributed by atoms with Gasteiger partial charge in [-0.3, -0.25) is 14.5 Å². The predicted octanol–water partition coefficient (Wildman–Crippen LogP) is 2.77. The summed E-state index contributed by atoms with van der Waals surface area (Å²) in [5.74, 6) is 0.309. The second-order valence-electron chi connectivity index (χ2n) is 8.94. The molecule has 4 rings (SSSR count). The van der Waals surface area contributed by atoms with Crippen LogP contribution in [-0.2, 0) is 16.0 Å². The summed E-state index contributed by atoms with van der Waals surface area (Å²) in [4.78, 5) is 29.4. The fourth-order valence-electron chi connectivity index (χ4n) is 4.54. The molecule has 2 N–H and O–H groups in total. The number of halogens is 1. The first kappa shape index (κ1) is 27.0. The quantitative estimate of drug-likeness (QED) is 0.394. The predicted molar refractivity (Wildman–Crippen MR) is 141 cm³/mol. The standard InChI is InChI=1S/C28H33FN4O5/c1-36-25-10-5-20(18-26(25)37-2)11-12-30-27(34)28(35)31-19-23(24-4-3-17-38-24)33-15-13-32(14-16-33)22-8-6-21(29)7-9-22/h3-10,17-18,23H,11-16,19H2,1-2H3,(H,30,34)(H,31,35)/t23-/m0/s1. The van der Waals surface area contributed by atoms with E-state index in [0.717, 1.165) is 43.2 Å². The number of anilines is 1. The van der Waals surface area contributed by atoms with E-state index in [0.29, 0.717) is 24.5 Å². The van der Waals surface area contributed by atoms with Crippen molar-refractivity contribution in [3.8, 4) is 11.5 Å². The van der Waals surface area contributed by atoms with Gasteiger partial charge in [0.25, 0.3) is 0 Å². The summed E-state index contributed by atoms with van der Waals surface area (Å²) >= 11 is 0. The molecule has 0 saturated carbocycles. The van der Waals surface area contributed by atoms with E-state index in [9.17, 15) is 14.0 Å². The summed E-state index contributed by atoms with van der Waals surface area (Å²) < 4.78 is 29.5. The van der Waals surface area contributed by atoms with Gasteiger partial charge in [0.2, 0.25) is 0 Å². The van der Waals surface area contributed by atoms with Crippen LogP contribution in [0.15, 0.2) is 65.3 Å².